The third-order valence-corrected chi connectivity index (χ3v) is 5.94. The number of hydrogen-bond donors (Lipinski definition) is 1. The van der Waals surface area contributed by atoms with Crippen LogP contribution in [0, 0.1) is 5.92 Å². The third kappa shape index (κ3) is 10.1. The summed E-state index contributed by atoms with van der Waals surface area (Å²) in [6.45, 7) is 10.1. The summed E-state index contributed by atoms with van der Waals surface area (Å²) >= 11 is 0. The lowest BCUT2D eigenvalue weighted by Crippen LogP contribution is -2.50. The van der Waals surface area contributed by atoms with Gasteiger partial charge in [0.25, 0.3) is 0 Å². The number of nitrogens with one attached hydrogen (secondary N) is 1. The van der Waals surface area contributed by atoms with E-state index in [-0.39, 0.29) is 37.9 Å². The van der Waals surface area contributed by atoms with Crippen LogP contribution >= 0.6 is 0 Å². The summed E-state index contributed by atoms with van der Waals surface area (Å²) in [6, 6.07) is 22.1. The Kier molecular flexibility index (Phi) is 10.5. The van der Waals surface area contributed by atoms with Gasteiger partial charge < -0.3 is 19.7 Å². The number of rotatable bonds is 11. The van der Waals surface area contributed by atoms with Crippen molar-refractivity contribution in [2.45, 2.75) is 65.7 Å². The molecule has 7 nitrogen and oxygen atoms in total. The summed E-state index contributed by atoms with van der Waals surface area (Å²) in [4.78, 5) is 40.6. The lowest BCUT2D eigenvalue weighted by Gasteiger charge is -2.28. The second-order valence-corrected chi connectivity index (χ2v) is 11.2. The Morgan fingerprint density at radius 3 is 2.21 bits per heavy atom. The Bertz CT molecular complexity index is 1250. The highest BCUT2D eigenvalue weighted by Gasteiger charge is 2.27. The largest absolute Gasteiger partial charge is 0.460 e. The number of carbonyl (C=O) groups excluding carboxylic acids is 3. The van der Waals surface area contributed by atoms with Gasteiger partial charge in [0.15, 0.2) is 0 Å². The molecule has 1 atom stereocenters. The van der Waals surface area contributed by atoms with Crippen molar-refractivity contribution in [2.75, 3.05) is 13.1 Å². The highest BCUT2D eigenvalue weighted by molar-refractivity contribution is 5.85. The molecule has 0 heterocycles. The van der Waals surface area contributed by atoms with Gasteiger partial charge in [-0.1, -0.05) is 86.6 Å². The van der Waals surface area contributed by atoms with Crippen LogP contribution in [0.3, 0.4) is 0 Å². The maximum atomic E-state index is 13.4. The highest BCUT2D eigenvalue weighted by Crippen LogP contribution is 2.18. The van der Waals surface area contributed by atoms with Gasteiger partial charge in [-0.05, 0) is 48.6 Å². The molecular formula is C32H40N2O5. The number of urea groups is 1. The Morgan fingerprint density at radius 2 is 1.54 bits per heavy atom. The van der Waals surface area contributed by atoms with Crippen LogP contribution in [0.15, 0.2) is 72.8 Å². The minimum Gasteiger partial charge on any atom is -0.460 e. The Balaban J connectivity index is 1.76. The van der Waals surface area contributed by atoms with E-state index in [0.717, 1.165) is 21.9 Å². The molecule has 0 saturated carbocycles. The van der Waals surface area contributed by atoms with Crippen LogP contribution < -0.4 is 5.32 Å². The average Bonchev–Trinajstić information content (AvgIpc) is 2.88. The molecule has 0 aromatic heterocycles. The van der Waals surface area contributed by atoms with E-state index >= 15 is 0 Å². The maximum Gasteiger partial charge on any atom is 0.329 e. The van der Waals surface area contributed by atoms with Crippen LogP contribution in [0.1, 0.15) is 52.2 Å². The number of ether oxygens (including phenoxy) is 2. The molecule has 0 aliphatic carbocycles. The van der Waals surface area contributed by atoms with E-state index in [1.807, 2.05) is 107 Å². The van der Waals surface area contributed by atoms with E-state index in [1.165, 1.54) is 0 Å². The molecule has 3 aromatic rings. The van der Waals surface area contributed by atoms with Gasteiger partial charge in [0.1, 0.15) is 18.2 Å². The van der Waals surface area contributed by atoms with Gasteiger partial charge in [0.2, 0.25) is 0 Å². The van der Waals surface area contributed by atoms with Gasteiger partial charge in [-0.3, -0.25) is 4.79 Å². The molecule has 0 radical (unpaired) electrons. The lowest BCUT2D eigenvalue weighted by molar-refractivity contribution is -0.155. The minimum absolute atomic E-state index is 0.0607. The molecule has 0 unspecified atom stereocenters. The predicted molar refractivity (Wildman–Crippen MR) is 153 cm³/mol. The Labute approximate surface area is 231 Å². The maximum absolute atomic E-state index is 13.4. The number of nitrogens with zero attached hydrogens (tertiary/aromatic N) is 1. The zero-order valence-electron chi connectivity index (χ0n) is 23.6. The smallest absolute Gasteiger partial charge is 0.329 e. The van der Waals surface area contributed by atoms with E-state index in [9.17, 15) is 14.4 Å². The number of amides is 2. The fourth-order valence-electron chi connectivity index (χ4n) is 4.20. The molecule has 0 aliphatic rings. The summed E-state index contributed by atoms with van der Waals surface area (Å²) in [6.07, 6.45) is 0.330. The fourth-order valence-corrected chi connectivity index (χ4v) is 4.20. The van der Waals surface area contributed by atoms with Crippen molar-refractivity contribution in [2.24, 2.45) is 5.92 Å². The number of benzene rings is 3. The summed E-state index contributed by atoms with van der Waals surface area (Å²) < 4.78 is 11.0. The molecule has 0 spiro atoms. The summed E-state index contributed by atoms with van der Waals surface area (Å²) in [5.74, 6) is -0.727. The van der Waals surface area contributed by atoms with Gasteiger partial charge in [0, 0.05) is 19.5 Å². The van der Waals surface area contributed by atoms with Gasteiger partial charge in [-0.25, -0.2) is 9.59 Å². The first-order valence-electron chi connectivity index (χ1n) is 13.5. The van der Waals surface area contributed by atoms with Crippen LogP contribution in [0.25, 0.3) is 10.8 Å². The summed E-state index contributed by atoms with van der Waals surface area (Å²) in [7, 11) is 0. The van der Waals surface area contributed by atoms with Crippen molar-refractivity contribution in [1.82, 2.24) is 10.2 Å². The van der Waals surface area contributed by atoms with Crippen LogP contribution in [-0.2, 0) is 32.1 Å². The zero-order chi connectivity index (χ0) is 28.4. The molecular weight excluding hydrogens is 492 g/mol. The minimum atomic E-state index is -0.904. The third-order valence-electron chi connectivity index (χ3n) is 5.94. The molecule has 0 saturated heterocycles. The van der Waals surface area contributed by atoms with Crippen LogP contribution in [-0.4, -0.2) is 47.6 Å². The van der Waals surface area contributed by atoms with Crippen molar-refractivity contribution < 1.29 is 23.9 Å². The number of hydrogen-bond acceptors (Lipinski definition) is 5. The van der Waals surface area contributed by atoms with Gasteiger partial charge in [0.05, 0.1) is 6.42 Å². The molecule has 2 amide bonds. The van der Waals surface area contributed by atoms with Crippen molar-refractivity contribution >= 4 is 28.7 Å². The van der Waals surface area contributed by atoms with E-state index in [0.29, 0.717) is 6.54 Å². The second-order valence-electron chi connectivity index (χ2n) is 11.2. The molecule has 1 N–H and O–H groups in total. The van der Waals surface area contributed by atoms with Crippen molar-refractivity contribution in [3.8, 4) is 0 Å². The standard InChI is InChI=1S/C32H40N2O5/c1-23(2)21-34(18-17-29(35)39-32(3,4)5)31(37)33-28(30(36)38-22-24-11-7-6-8-12-24)20-25-15-16-26-13-9-10-14-27(26)19-25/h6-16,19,23,28H,17-18,20-22H2,1-5H3,(H,33,37)/t28-/m0/s1. The summed E-state index contributed by atoms with van der Waals surface area (Å²) in [5, 5.41) is 5.04. The number of esters is 2. The topological polar surface area (TPSA) is 84.9 Å². The van der Waals surface area contributed by atoms with Crippen molar-refractivity contribution in [3.05, 3.63) is 83.9 Å². The molecule has 7 heteroatoms. The van der Waals surface area contributed by atoms with E-state index in [4.69, 9.17) is 9.47 Å². The molecule has 3 rings (SSSR count). The normalized spacial score (nSPS) is 12.2. The summed E-state index contributed by atoms with van der Waals surface area (Å²) in [5.41, 5.74) is 1.16. The Morgan fingerprint density at radius 1 is 0.872 bits per heavy atom. The van der Waals surface area contributed by atoms with Crippen molar-refractivity contribution in [1.29, 1.82) is 0 Å². The fraction of sp³-hybridized carbons (Fsp3) is 0.406. The SMILES string of the molecule is CC(C)CN(CCC(=O)OC(C)(C)C)C(=O)N[C@@H](Cc1ccc2ccccc2c1)C(=O)OCc1ccccc1. The number of fused-ring (bicyclic) bond motifs is 1. The van der Waals surface area contributed by atoms with Crippen LogP contribution in [0.2, 0.25) is 0 Å². The first kappa shape index (κ1) is 29.7. The van der Waals surface area contributed by atoms with E-state index < -0.39 is 23.6 Å². The average molecular weight is 533 g/mol. The van der Waals surface area contributed by atoms with Gasteiger partial charge >= 0.3 is 18.0 Å². The van der Waals surface area contributed by atoms with Crippen LogP contribution in [0.4, 0.5) is 4.79 Å². The van der Waals surface area contributed by atoms with Gasteiger partial charge in [-0.15, -0.1) is 0 Å². The van der Waals surface area contributed by atoms with E-state index in [1.54, 1.807) is 4.90 Å². The van der Waals surface area contributed by atoms with Crippen LogP contribution in [0.5, 0.6) is 0 Å². The molecule has 0 aliphatic heterocycles. The quantitative estimate of drug-likeness (QED) is 0.311. The van der Waals surface area contributed by atoms with Crippen molar-refractivity contribution in [3.63, 3.8) is 0 Å². The highest BCUT2D eigenvalue weighted by atomic mass is 16.6. The second kappa shape index (κ2) is 13.8. The molecule has 39 heavy (non-hydrogen) atoms. The Hall–Kier alpha value is -3.87. The molecule has 0 fully saturated rings. The lowest BCUT2D eigenvalue weighted by atomic mass is 10.0. The number of carbonyl (C=O) groups is 3. The van der Waals surface area contributed by atoms with Gasteiger partial charge in [-0.2, -0.15) is 0 Å². The molecule has 208 valence electrons. The first-order chi connectivity index (χ1) is 18.5. The molecule has 3 aromatic carbocycles. The predicted octanol–water partition coefficient (Wildman–Crippen LogP) is 5.89. The monoisotopic (exact) mass is 532 g/mol. The first-order valence-corrected chi connectivity index (χ1v) is 13.5. The molecule has 0 bridgehead atoms. The van der Waals surface area contributed by atoms with E-state index in [2.05, 4.69) is 5.32 Å². The zero-order valence-corrected chi connectivity index (χ0v) is 23.6.